The van der Waals surface area contributed by atoms with Crippen molar-refractivity contribution in [1.29, 1.82) is 0 Å². The van der Waals surface area contributed by atoms with E-state index in [1.165, 1.54) is 10.4 Å². The molecule has 0 spiro atoms. The van der Waals surface area contributed by atoms with Gasteiger partial charge in [-0.2, -0.15) is 4.31 Å². The largest absolute Gasteiger partial charge is 0.481 e. The highest BCUT2D eigenvalue weighted by atomic mass is 32.2. The van der Waals surface area contributed by atoms with Crippen LogP contribution in [0.2, 0.25) is 0 Å². The molecule has 2 aromatic rings. The van der Waals surface area contributed by atoms with Crippen molar-refractivity contribution in [3.63, 3.8) is 0 Å². The van der Waals surface area contributed by atoms with Gasteiger partial charge in [0.05, 0.1) is 10.8 Å². The van der Waals surface area contributed by atoms with E-state index in [-0.39, 0.29) is 18.0 Å². The highest BCUT2D eigenvalue weighted by Gasteiger charge is 2.30. The number of carbonyl (C=O) groups is 1. The van der Waals surface area contributed by atoms with Crippen molar-refractivity contribution >= 4 is 26.9 Å². The van der Waals surface area contributed by atoms with Crippen molar-refractivity contribution in [2.75, 3.05) is 13.1 Å². The lowest BCUT2D eigenvalue weighted by atomic mass is 10.1. The third kappa shape index (κ3) is 2.42. The molecule has 1 aliphatic rings. The van der Waals surface area contributed by atoms with Crippen LogP contribution in [0.3, 0.4) is 0 Å². The van der Waals surface area contributed by atoms with Gasteiger partial charge in [0.2, 0.25) is 10.0 Å². The number of aromatic nitrogens is 1. The third-order valence-corrected chi connectivity index (χ3v) is 5.72. The number of rotatable bonds is 3. The van der Waals surface area contributed by atoms with E-state index in [1.807, 2.05) is 23.9 Å². The molecule has 1 atom stereocenters. The summed E-state index contributed by atoms with van der Waals surface area (Å²) >= 11 is 0. The van der Waals surface area contributed by atoms with Gasteiger partial charge in [-0.1, -0.05) is 18.2 Å². The molecule has 3 rings (SSSR count). The van der Waals surface area contributed by atoms with Gasteiger partial charge >= 0.3 is 5.97 Å². The number of nitrogens with zero attached hydrogens (tertiary/aromatic N) is 2. The van der Waals surface area contributed by atoms with E-state index >= 15 is 0 Å². The zero-order valence-electron chi connectivity index (χ0n) is 12.0. The maximum atomic E-state index is 12.7. The first-order valence-electron chi connectivity index (χ1n) is 6.84. The van der Waals surface area contributed by atoms with Gasteiger partial charge in [-0.15, -0.1) is 0 Å². The minimum Gasteiger partial charge on any atom is -0.481 e. The van der Waals surface area contributed by atoms with Crippen molar-refractivity contribution in [1.82, 2.24) is 8.87 Å². The minimum absolute atomic E-state index is 0.0423. The fraction of sp³-hybridized carbons (Fsp3) is 0.267. The third-order valence-electron chi connectivity index (χ3n) is 3.89. The molecule has 0 saturated carbocycles. The molecule has 0 saturated heterocycles. The molecule has 1 aromatic heterocycles. The second-order valence-corrected chi connectivity index (χ2v) is 7.28. The number of hydrogen-bond donors (Lipinski definition) is 1. The molecule has 0 aliphatic carbocycles. The van der Waals surface area contributed by atoms with E-state index in [1.54, 1.807) is 24.3 Å². The lowest BCUT2D eigenvalue weighted by molar-refractivity contribution is -0.140. The molecule has 1 aliphatic heterocycles. The first-order chi connectivity index (χ1) is 10.4. The Morgan fingerprint density at radius 1 is 1.32 bits per heavy atom. The van der Waals surface area contributed by atoms with Crippen LogP contribution in [0.25, 0.3) is 10.9 Å². The van der Waals surface area contributed by atoms with Crippen LogP contribution in [-0.4, -0.2) is 41.5 Å². The Hall–Kier alpha value is -2.12. The molecule has 1 N–H and O–H groups in total. The summed E-state index contributed by atoms with van der Waals surface area (Å²) in [6, 6.07) is 6.86. The first-order valence-corrected chi connectivity index (χ1v) is 8.28. The van der Waals surface area contributed by atoms with Crippen LogP contribution in [0.4, 0.5) is 0 Å². The molecule has 116 valence electrons. The van der Waals surface area contributed by atoms with Gasteiger partial charge in [0.25, 0.3) is 0 Å². The van der Waals surface area contributed by atoms with Crippen LogP contribution < -0.4 is 0 Å². The van der Waals surface area contributed by atoms with Crippen molar-refractivity contribution in [3.8, 4) is 0 Å². The number of hydrogen-bond acceptors (Lipinski definition) is 3. The van der Waals surface area contributed by atoms with Gasteiger partial charge in [-0.25, -0.2) is 8.42 Å². The van der Waals surface area contributed by atoms with Gasteiger partial charge in [0, 0.05) is 31.9 Å². The van der Waals surface area contributed by atoms with Crippen molar-refractivity contribution < 1.29 is 18.3 Å². The molecule has 22 heavy (non-hydrogen) atoms. The molecule has 0 fully saturated rings. The average Bonchev–Trinajstić information content (AvgIpc) is 2.88. The van der Waals surface area contributed by atoms with Crippen LogP contribution in [0.5, 0.6) is 0 Å². The zero-order chi connectivity index (χ0) is 15.9. The van der Waals surface area contributed by atoms with Crippen molar-refractivity contribution in [2.45, 2.75) is 4.90 Å². The predicted molar refractivity (Wildman–Crippen MR) is 81.9 cm³/mol. The fourth-order valence-electron chi connectivity index (χ4n) is 2.61. The van der Waals surface area contributed by atoms with Crippen LogP contribution in [-0.2, 0) is 21.9 Å². The smallest absolute Gasteiger partial charge is 0.311 e. The normalized spacial score (nSPS) is 19.6. The highest BCUT2D eigenvalue weighted by Crippen LogP contribution is 2.24. The number of aryl methyl sites for hydroxylation is 1. The summed E-state index contributed by atoms with van der Waals surface area (Å²) in [7, 11) is -1.86. The topological polar surface area (TPSA) is 79.6 Å². The van der Waals surface area contributed by atoms with Gasteiger partial charge in [0.15, 0.2) is 0 Å². The molecule has 1 aromatic carbocycles. The minimum atomic E-state index is -3.71. The SMILES string of the molecule is Cn1ccc2ccc(S(=O)(=O)N3CC=CC(C(=O)O)C3)cc21. The number of sulfonamides is 1. The quantitative estimate of drug-likeness (QED) is 0.868. The van der Waals surface area contributed by atoms with E-state index in [9.17, 15) is 13.2 Å². The molecule has 1 unspecified atom stereocenters. The zero-order valence-corrected chi connectivity index (χ0v) is 12.8. The van der Waals surface area contributed by atoms with Crippen molar-refractivity contribution in [2.24, 2.45) is 13.0 Å². The van der Waals surface area contributed by atoms with Crippen LogP contribution in [0, 0.1) is 5.92 Å². The molecule has 0 amide bonds. The van der Waals surface area contributed by atoms with E-state index < -0.39 is 21.9 Å². The Balaban J connectivity index is 1.99. The first kappa shape index (κ1) is 14.8. The predicted octanol–water partition coefficient (Wildman–Crippen LogP) is 1.44. The molecule has 2 heterocycles. The number of aliphatic carboxylic acids is 1. The summed E-state index contributed by atoms with van der Waals surface area (Å²) in [5, 5.41) is 10.0. The lowest BCUT2D eigenvalue weighted by Gasteiger charge is -2.26. The summed E-state index contributed by atoms with van der Waals surface area (Å²) in [5.41, 5.74) is 0.823. The fourth-order valence-corrected chi connectivity index (χ4v) is 4.04. The van der Waals surface area contributed by atoms with E-state index in [0.717, 1.165) is 10.9 Å². The van der Waals surface area contributed by atoms with Crippen LogP contribution >= 0.6 is 0 Å². The second-order valence-electron chi connectivity index (χ2n) is 5.34. The summed E-state index contributed by atoms with van der Waals surface area (Å²) in [6.07, 6.45) is 4.99. The summed E-state index contributed by atoms with van der Waals surface area (Å²) in [6.45, 7) is 0.149. The molecule has 0 radical (unpaired) electrons. The monoisotopic (exact) mass is 320 g/mol. The molecule has 6 nitrogen and oxygen atoms in total. The Labute approximate surface area is 128 Å². The maximum absolute atomic E-state index is 12.7. The standard InChI is InChI=1S/C15H16N2O4S/c1-16-8-6-11-4-5-13(9-14(11)16)22(20,21)17-7-2-3-12(10-17)15(18)19/h2-6,8-9,12H,7,10H2,1H3,(H,18,19). The van der Waals surface area contributed by atoms with Gasteiger partial charge in [0.1, 0.15) is 0 Å². The number of carboxylic acids is 1. The van der Waals surface area contributed by atoms with Crippen molar-refractivity contribution in [3.05, 3.63) is 42.6 Å². The summed E-state index contributed by atoms with van der Waals surface area (Å²) < 4.78 is 28.5. The summed E-state index contributed by atoms with van der Waals surface area (Å²) in [4.78, 5) is 11.3. The van der Waals surface area contributed by atoms with Crippen LogP contribution in [0.15, 0.2) is 47.5 Å². The van der Waals surface area contributed by atoms with E-state index in [2.05, 4.69) is 0 Å². The van der Waals surface area contributed by atoms with E-state index in [0.29, 0.717) is 0 Å². The van der Waals surface area contributed by atoms with Crippen LogP contribution in [0.1, 0.15) is 0 Å². The maximum Gasteiger partial charge on any atom is 0.311 e. The number of benzene rings is 1. The van der Waals surface area contributed by atoms with Gasteiger partial charge < -0.3 is 9.67 Å². The molecule has 0 bridgehead atoms. The van der Waals surface area contributed by atoms with Gasteiger partial charge in [-0.05, 0) is 23.6 Å². The Kier molecular flexibility index (Phi) is 3.54. The Bertz CT molecular complexity index is 867. The lowest BCUT2D eigenvalue weighted by Crippen LogP contribution is -2.39. The van der Waals surface area contributed by atoms with E-state index in [4.69, 9.17) is 5.11 Å². The Morgan fingerprint density at radius 2 is 2.09 bits per heavy atom. The second kappa shape index (κ2) is 5.26. The number of fused-ring (bicyclic) bond motifs is 1. The average molecular weight is 320 g/mol. The molecular weight excluding hydrogens is 304 g/mol. The Morgan fingerprint density at radius 3 is 2.82 bits per heavy atom. The molecule has 7 heteroatoms. The van der Waals surface area contributed by atoms with Gasteiger partial charge in [-0.3, -0.25) is 4.79 Å². The number of carboxylic acid groups (broad SMARTS) is 1. The molecular formula is C15H16N2O4S. The highest BCUT2D eigenvalue weighted by molar-refractivity contribution is 7.89. The summed E-state index contributed by atoms with van der Waals surface area (Å²) in [5.74, 6) is -1.82.